The Labute approximate surface area is 285 Å². The summed E-state index contributed by atoms with van der Waals surface area (Å²) in [6.07, 6.45) is -0.848. The van der Waals surface area contributed by atoms with Gasteiger partial charge in [0, 0.05) is 23.5 Å². The van der Waals surface area contributed by atoms with Crippen LogP contribution in [0.15, 0.2) is 72.2 Å². The van der Waals surface area contributed by atoms with Crippen molar-refractivity contribution < 1.29 is 27.5 Å². The van der Waals surface area contributed by atoms with E-state index < -0.39 is 53.5 Å². The summed E-state index contributed by atoms with van der Waals surface area (Å²) in [7, 11) is 0. The van der Waals surface area contributed by atoms with Gasteiger partial charge in [0.15, 0.2) is 23.1 Å². The van der Waals surface area contributed by atoms with Gasteiger partial charge in [0.1, 0.15) is 12.9 Å². The fraction of sp³-hybridized carbons (Fsp3) is 0.382. The topological polar surface area (TPSA) is 152 Å². The van der Waals surface area contributed by atoms with Gasteiger partial charge in [-0.15, -0.1) is 0 Å². The number of hydrogen-bond acceptors (Lipinski definition) is 9. The molecule has 4 aromatic rings. The lowest BCUT2D eigenvalue weighted by atomic mass is 9.75. The van der Waals surface area contributed by atoms with Gasteiger partial charge in [0.25, 0.3) is 5.91 Å². The van der Waals surface area contributed by atoms with E-state index in [1.54, 1.807) is 60.9 Å². The summed E-state index contributed by atoms with van der Waals surface area (Å²) in [6.45, 7) is 5.42. The number of rotatable bonds is 10. The standard InChI is InChI=1S/C34H34ClF3N8O3/c1-31(2,3)18-33(22-8-5-20(6-9-22)27-40-13-4-14-41-27)29(48)46(30(39)44-33)25(17-49-26(47)16-32(11-12-32)34(36,37)38)21-7-10-24(35)23(15-21)28-42-19-43-45-28/h4-10,13-15,19,25H,11-12,16-18H2,1-3H3,(H2,39,44)(H,42,43,45)/t25-,33-/m1/s1. The maximum Gasteiger partial charge on any atom is 0.395 e. The number of aromatic amines is 1. The molecule has 3 N–H and O–H groups in total. The molecule has 3 heterocycles. The van der Waals surface area contributed by atoms with Crippen molar-refractivity contribution in [3.63, 3.8) is 0 Å². The molecule has 1 fully saturated rings. The number of aromatic nitrogens is 5. The number of esters is 1. The summed E-state index contributed by atoms with van der Waals surface area (Å²) < 4.78 is 46.5. The van der Waals surface area contributed by atoms with Gasteiger partial charge >= 0.3 is 12.1 Å². The van der Waals surface area contributed by atoms with Crippen LogP contribution in [0.2, 0.25) is 5.02 Å². The number of nitrogens with zero attached hydrogens (tertiary/aromatic N) is 6. The highest BCUT2D eigenvalue weighted by atomic mass is 35.5. The van der Waals surface area contributed by atoms with Crippen LogP contribution in [-0.2, 0) is 19.9 Å². The van der Waals surface area contributed by atoms with Crippen molar-refractivity contribution in [2.24, 2.45) is 21.6 Å². The Morgan fingerprint density at radius 3 is 2.37 bits per heavy atom. The second kappa shape index (κ2) is 12.6. The minimum Gasteiger partial charge on any atom is -0.463 e. The molecule has 15 heteroatoms. The molecule has 0 radical (unpaired) electrons. The summed E-state index contributed by atoms with van der Waals surface area (Å²) >= 11 is 6.50. The number of nitrogens with two attached hydrogens (primary N) is 1. The summed E-state index contributed by atoms with van der Waals surface area (Å²) in [5.74, 6) is -0.828. The van der Waals surface area contributed by atoms with E-state index in [4.69, 9.17) is 27.1 Å². The minimum atomic E-state index is -4.54. The molecule has 1 saturated carbocycles. The Morgan fingerprint density at radius 2 is 1.78 bits per heavy atom. The molecule has 0 unspecified atom stereocenters. The van der Waals surface area contributed by atoms with Crippen LogP contribution in [0.3, 0.4) is 0 Å². The highest BCUT2D eigenvalue weighted by molar-refractivity contribution is 6.33. The molecule has 2 atom stereocenters. The number of halogens is 4. The number of hydrogen-bond donors (Lipinski definition) is 2. The summed E-state index contributed by atoms with van der Waals surface area (Å²) in [4.78, 5) is 46.6. The molecule has 2 aliphatic rings. The van der Waals surface area contributed by atoms with Crippen molar-refractivity contribution in [2.45, 2.75) is 64.2 Å². The third-order valence-electron chi connectivity index (χ3n) is 8.79. The normalized spacial score (nSPS) is 19.4. The van der Waals surface area contributed by atoms with Crippen LogP contribution in [0.5, 0.6) is 0 Å². The Kier molecular flexibility index (Phi) is 8.72. The van der Waals surface area contributed by atoms with Crippen molar-refractivity contribution >= 4 is 29.4 Å². The number of ether oxygens (including phenoxy) is 1. The molecule has 1 amide bonds. The van der Waals surface area contributed by atoms with E-state index in [-0.39, 0.29) is 25.2 Å². The largest absolute Gasteiger partial charge is 0.463 e. The Hall–Kier alpha value is -4.85. The number of H-pyrrole nitrogens is 1. The van der Waals surface area contributed by atoms with E-state index in [1.807, 2.05) is 20.8 Å². The van der Waals surface area contributed by atoms with Gasteiger partial charge in [-0.3, -0.25) is 19.6 Å². The average molecular weight is 695 g/mol. The van der Waals surface area contributed by atoms with Gasteiger partial charge in [-0.1, -0.05) is 62.7 Å². The van der Waals surface area contributed by atoms with E-state index in [9.17, 15) is 22.8 Å². The number of carbonyl (C=O) groups is 2. The van der Waals surface area contributed by atoms with Gasteiger partial charge in [0.05, 0.1) is 22.9 Å². The molecule has 0 saturated heterocycles. The summed E-state index contributed by atoms with van der Waals surface area (Å²) in [6, 6.07) is 12.6. The van der Waals surface area contributed by atoms with Crippen LogP contribution in [0.1, 0.15) is 63.6 Å². The van der Waals surface area contributed by atoms with Crippen molar-refractivity contribution in [3.05, 3.63) is 83.4 Å². The molecule has 2 aromatic carbocycles. The van der Waals surface area contributed by atoms with E-state index in [2.05, 4.69) is 25.1 Å². The van der Waals surface area contributed by atoms with Crippen LogP contribution >= 0.6 is 11.6 Å². The van der Waals surface area contributed by atoms with Gasteiger partial charge in [0.2, 0.25) is 0 Å². The number of nitrogens with one attached hydrogen (secondary N) is 1. The SMILES string of the molecule is CC(C)(C)C[C@]1(c2ccc(-c3ncccn3)cc2)N=C(N)N([C@H](COC(=O)CC2(C(F)(F)F)CC2)c2ccc(Cl)c(-c3ncn[nH]3)c2)C1=O. The molecule has 2 aromatic heterocycles. The van der Waals surface area contributed by atoms with E-state index >= 15 is 0 Å². The minimum absolute atomic E-state index is 0.143. The van der Waals surface area contributed by atoms with Gasteiger partial charge in [-0.05, 0) is 54.0 Å². The highest BCUT2D eigenvalue weighted by Crippen LogP contribution is 2.60. The maximum absolute atomic E-state index is 14.8. The third-order valence-corrected chi connectivity index (χ3v) is 9.12. The van der Waals surface area contributed by atoms with Gasteiger partial charge in [-0.2, -0.15) is 18.3 Å². The molecule has 0 bridgehead atoms. The predicted octanol–water partition coefficient (Wildman–Crippen LogP) is 6.39. The lowest BCUT2D eigenvalue weighted by Gasteiger charge is -2.35. The zero-order valence-electron chi connectivity index (χ0n) is 27.0. The second-order valence-corrected chi connectivity index (χ2v) is 14.0. The first kappa shape index (κ1) is 34.0. The van der Waals surface area contributed by atoms with Crippen LogP contribution in [0.4, 0.5) is 13.2 Å². The number of carbonyl (C=O) groups excluding carboxylic acids is 2. The van der Waals surface area contributed by atoms with Crippen molar-refractivity contribution in [3.8, 4) is 22.8 Å². The summed E-state index contributed by atoms with van der Waals surface area (Å²) in [5.41, 5.74) is 4.75. The molecular weight excluding hydrogens is 661 g/mol. The zero-order chi connectivity index (χ0) is 35.2. The number of benzene rings is 2. The van der Waals surface area contributed by atoms with Crippen LogP contribution in [-0.4, -0.2) is 60.7 Å². The number of aliphatic imine (C=N–C) groups is 1. The van der Waals surface area contributed by atoms with E-state index in [0.717, 1.165) is 5.56 Å². The highest BCUT2D eigenvalue weighted by Gasteiger charge is 2.64. The quantitative estimate of drug-likeness (QED) is 0.181. The lowest BCUT2D eigenvalue weighted by Crippen LogP contribution is -2.47. The van der Waals surface area contributed by atoms with Crippen molar-refractivity contribution in [1.82, 2.24) is 30.0 Å². The predicted molar refractivity (Wildman–Crippen MR) is 175 cm³/mol. The fourth-order valence-corrected chi connectivity index (χ4v) is 6.42. The van der Waals surface area contributed by atoms with Crippen LogP contribution in [0, 0.1) is 10.8 Å². The fourth-order valence-electron chi connectivity index (χ4n) is 6.21. The molecule has 1 aliphatic heterocycles. The first-order chi connectivity index (χ1) is 23.1. The molecule has 49 heavy (non-hydrogen) atoms. The van der Waals surface area contributed by atoms with Crippen LogP contribution in [0.25, 0.3) is 22.8 Å². The van der Waals surface area contributed by atoms with Crippen molar-refractivity contribution in [1.29, 1.82) is 0 Å². The molecule has 1 aliphatic carbocycles. The average Bonchev–Trinajstić information content (AvgIpc) is 3.55. The monoisotopic (exact) mass is 694 g/mol. The van der Waals surface area contributed by atoms with E-state index in [1.165, 1.54) is 11.2 Å². The lowest BCUT2D eigenvalue weighted by molar-refractivity contribution is -0.195. The molecular formula is C34H34ClF3N8O3. The Morgan fingerprint density at radius 1 is 1.08 bits per heavy atom. The first-order valence-corrected chi connectivity index (χ1v) is 15.9. The smallest absolute Gasteiger partial charge is 0.395 e. The molecule has 0 spiro atoms. The number of amides is 1. The maximum atomic E-state index is 14.8. The van der Waals surface area contributed by atoms with Gasteiger partial charge in [-0.25, -0.2) is 19.9 Å². The van der Waals surface area contributed by atoms with Crippen molar-refractivity contribution in [2.75, 3.05) is 6.61 Å². The van der Waals surface area contributed by atoms with Gasteiger partial charge < -0.3 is 10.5 Å². The Balaban J connectivity index is 1.38. The number of guanidine groups is 1. The number of alkyl halides is 3. The first-order valence-electron chi connectivity index (χ1n) is 15.6. The summed E-state index contributed by atoms with van der Waals surface area (Å²) in [5, 5.41) is 6.94. The second-order valence-electron chi connectivity index (χ2n) is 13.6. The van der Waals surface area contributed by atoms with Crippen LogP contribution < -0.4 is 5.73 Å². The molecule has 6 rings (SSSR count). The third kappa shape index (κ3) is 6.74. The molecule has 256 valence electrons. The van der Waals surface area contributed by atoms with E-state index in [0.29, 0.717) is 33.4 Å². The molecule has 11 nitrogen and oxygen atoms in total. The zero-order valence-corrected chi connectivity index (χ0v) is 27.7. The Bertz CT molecular complexity index is 1880.